The first-order valence-electron chi connectivity index (χ1n) is 7.24. The molecule has 0 aliphatic carbocycles. The number of nitrogens with zero attached hydrogens (tertiary/aromatic N) is 1. The molecule has 7 heteroatoms. The maximum Gasteiger partial charge on any atom is 0.237 e. The maximum absolute atomic E-state index is 12.1. The van der Waals surface area contributed by atoms with Gasteiger partial charge >= 0.3 is 0 Å². The van der Waals surface area contributed by atoms with Crippen LogP contribution in [0.4, 0.5) is 5.69 Å². The summed E-state index contributed by atoms with van der Waals surface area (Å²) < 4.78 is 0. The molecule has 2 aliphatic rings. The number of rotatable bonds is 3. The molecule has 0 radical (unpaired) electrons. The van der Waals surface area contributed by atoms with E-state index in [1.807, 2.05) is 18.2 Å². The minimum absolute atomic E-state index is 0. The normalized spacial score (nSPS) is 24.2. The zero-order valence-electron chi connectivity index (χ0n) is 12.0. The Hall–Kier alpha value is -1.30. The van der Waals surface area contributed by atoms with E-state index in [1.165, 1.54) is 0 Å². The van der Waals surface area contributed by atoms with Crippen LogP contribution in [-0.4, -0.2) is 37.0 Å². The summed E-state index contributed by atoms with van der Waals surface area (Å²) in [6.45, 7) is 1.36. The number of nitrogens with one attached hydrogen (secondary N) is 2. The average Bonchev–Trinajstić information content (AvgIpc) is 3.09. The molecule has 1 aromatic carbocycles. The van der Waals surface area contributed by atoms with Gasteiger partial charge < -0.3 is 15.5 Å². The number of hydrogen-bond donors (Lipinski definition) is 2. The summed E-state index contributed by atoms with van der Waals surface area (Å²) in [5.41, 5.74) is 0.708. The Bertz CT molecular complexity index is 561. The summed E-state index contributed by atoms with van der Waals surface area (Å²) in [7, 11) is 0. The summed E-state index contributed by atoms with van der Waals surface area (Å²) in [6.07, 6.45) is 2.21. The zero-order valence-corrected chi connectivity index (χ0v) is 13.6. The maximum atomic E-state index is 12.1. The molecule has 1 aromatic rings. The predicted molar refractivity (Wildman–Crippen MR) is 88.6 cm³/mol. The van der Waals surface area contributed by atoms with E-state index in [9.17, 15) is 9.59 Å². The van der Waals surface area contributed by atoms with Crippen molar-refractivity contribution in [1.82, 2.24) is 10.6 Å². The molecular weight excluding hydrogens is 325 g/mol. The first kappa shape index (κ1) is 17.1. The predicted octanol–water partition coefficient (Wildman–Crippen LogP) is 1.74. The molecule has 0 saturated carbocycles. The fraction of sp³-hybridized carbons (Fsp3) is 0.467. The van der Waals surface area contributed by atoms with Crippen molar-refractivity contribution in [2.75, 3.05) is 18.0 Å². The minimum atomic E-state index is -0.149. The second-order valence-electron chi connectivity index (χ2n) is 5.51. The van der Waals surface area contributed by atoms with E-state index in [4.69, 9.17) is 11.6 Å². The van der Waals surface area contributed by atoms with Crippen LogP contribution in [0.1, 0.15) is 19.3 Å². The van der Waals surface area contributed by atoms with Crippen molar-refractivity contribution in [2.45, 2.75) is 31.3 Å². The standard InChI is InChI=1S/C15H18ClN3O2.ClH/c16-11-4-1-2-6-13(11)19-9-10(8-14(19)20)18-15(21)12-5-3-7-17-12;/h1-2,4,6,10,12,17H,3,5,7-9H2,(H,18,21);1H. The summed E-state index contributed by atoms with van der Waals surface area (Å²) in [5, 5.41) is 6.68. The number of carbonyl (C=O) groups excluding carboxylic acids is 2. The third-order valence-electron chi connectivity index (χ3n) is 3.99. The van der Waals surface area contributed by atoms with Crippen LogP contribution in [0, 0.1) is 0 Å². The number of para-hydroxylation sites is 1. The lowest BCUT2D eigenvalue weighted by molar-refractivity contribution is -0.123. The van der Waals surface area contributed by atoms with Gasteiger partial charge in [-0.25, -0.2) is 0 Å². The summed E-state index contributed by atoms with van der Waals surface area (Å²) >= 11 is 6.14. The van der Waals surface area contributed by atoms with Gasteiger partial charge in [-0.2, -0.15) is 0 Å². The molecule has 120 valence electrons. The second-order valence-corrected chi connectivity index (χ2v) is 5.92. The van der Waals surface area contributed by atoms with Crippen molar-refractivity contribution >= 4 is 41.5 Å². The quantitative estimate of drug-likeness (QED) is 0.878. The molecule has 2 fully saturated rings. The fourth-order valence-corrected chi connectivity index (χ4v) is 3.16. The number of benzene rings is 1. The lowest BCUT2D eigenvalue weighted by Gasteiger charge is -2.19. The van der Waals surface area contributed by atoms with Crippen LogP contribution >= 0.6 is 24.0 Å². The van der Waals surface area contributed by atoms with Gasteiger partial charge in [0.1, 0.15) is 0 Å². The van der Waals surface area contributed by atoms with E-state index >= 15 is 0 Å². The van der Waals surface area contributed by atoms with E-state index in [-0.39, 0.29) is 36.3 Å². The lowest BCUT2D eigenvalue weighted by Crippen LogP contribution is -2.46. The van der Waals surface area contributed by atoms with Crippen molar-refractivity contribution in [3.05, 3.63) is 29.3 Å². The van der Waals surface area contributed by atoms with Crippen LogP contribution in [0.15, 0.2) is 24.3 Å². The van der Waals surface area contributed by atoms with Gasteiger partial charge in [0.25, 0.3) is 0 Å². The SMILES string of the molecule is Cl.O=C(NC1CC(=O)N(c2ccccc2Cl)C1)C1CCCN1. The smallest absolute Gasteiger partial charge is 0.237 e. The Balaban J connectivity index is 0.00000176. The number of carbonyl (C=O) groups is 2. The van der Waals surface area contributed by atoms with Gasteiger partial charge in [0.2, 0.25) is 11.8 Å². The van der Waals surface area contributed by atoms with Gasteiger partial charge in [0, 0.05) is 13.0 Å². The molecule has 2 N–H and O–H groups in total. The minimum Gasteiger partial charge on any atom is -0.350 e. The molecule has 2 unspecified atom stereocenters. The highest BCUT2D eigenvalue weighted by atomic mass is 35.5. The van der Waals surface area contributed by atoms with Crippen molar-refractivity contribution in [2.24, 2.45) is 0 Å². The van der Waals surface area contributed by atoms with Crippen LogP contribution in [0.2, 0.25) is 5.02 Å². The van der Waals surface area contributed by atoms with Crippen LogP contribution in [0.3, 0.4) is 0 Å². The summed E-state index contributed by atoms with van der Waals surface area (Å²) in [4.78, 5) is 25.9. The molecule has 0 aromatic heterocycles. The van der Waals surface area contributed by atoms with Gasteiger partial charge in [-0.15, -0.1) is 12.4 Å². The van der Waals surface area contributed by atoms with Crippen molar-refractivity contribution in [3.63, 3.8) is 0 Å². The molecule has 0 spiro atoms. The Morgan fingerprint density at radius 1 is 1.36 bits per heavy atom. The summed E-state index contributed by atoms with van der Waals surface area (Å²) in [5.74, 6) is -0.0147. The highest BCUT2D eigenvalue weighted by Crippen LogP contribution is 2.29. The summed E-state index contributed by atoms with van der Waals surface area (Å²) in [6, 6.07) is 7.00. The topological polar surface area (TPSA) is 61.4 Å². The Morgan fingerprint density at radius 2 is 2.14 bits per heavy atom. The van der Waals surface area contributed by atoms with Gasteiger partial charge in [0.05, 0.1) is 22.8 Å². The van der Waals surface area contributed by atoms with E-state index in [2.05, 4.69) is 10.6 Å². The Labute approximate surface area is 140 Å². The Kier molecular flexibility index (Phi) is 5.67. The molecule has 5 nitrogen and oxygen atoms in total. The van der Waals surface area contributed by atoms with Crippen molar-refractivity contribution in [1.29, 1.82) is 0 Å². The van der Waals surface area contributed by atoms with Crippen LogP contribution in [-0.2, 0) is 9.59 Å². The zero-order chi connectivity index (χ0) is 14.8. The van der Waals surface area contributed by atoms with E-state index in [0.29, 0.717) is 23.7 Å². The molecular formula is C15H19Cl2N3O2. The van der Waals surface area contributed by atoms with Crippen molar-refractivity contribution < 1.29 is 9.59 Å². The second kappa shape index (κ2) is 7.31. The molecule has 2 heterocycles. The molecule has 0 bridgehead atoms. The van der Waals surface area contributed by atoms with Crippen LogP contribution < -0.4 is 15.5 Å². The lowest BCUT2D eigenvalue weighted by atomic mass is 10.2. The highest BCUT2D eigenvalue weighted by Gasteiger charge is 2.34. The highest BCUT2D eigenvalue weighted by molar-refractivity contribution is 6.33. The number of anilines is 1. The van der Waals surface area contributed by atoms with Gasteiger partial charge in [0.15, 0.2) is 0 Å². The Morgan fingerprint density at radius 3 is 2.82 bits per heavy atom. The van der Waals surface area contributed by atoms with E-state index in [1.54, 1.807) is 11.0 Å². The molecule has 2 aliphatic heterocycles. The largest absolute Gasteiger partial charge is 0.350 e. The van der Waals surface area contributed by atoms with Crippen LogP contribution in [0.25, 0.3) is 0 Å². The van der Waals surface area contributed by atoms with Crippen molar-refractivity contribution in [3.8, 4) is 0 Å². The van der Waals surface area contributed by atoms with Gasteiger partial charge in [-0.3, -0.25) is 9.59 Å². The molecule has 2 saturated heterocycles. The van der Waals surface area contributed by atoms with Gasteiger partial charge in [-0.1, -0.05) is 23.7 Å². The third kappa shape index (κ3) is 3.54. The molecule has 3 rings (SSSR count). The molecule has 22 heavy (non-hydrogen) atoms. The monoisotopic (exact) mass is 343 g/mol. The first-order chi connectivity index (χ1) is 10.1. The third-order valence-corrected chi connectivity index (χ3v) is 4.31. The molecule has 2 amide bonds. The average molecular weight is 344 g/mol. The number of halogens is 2. The first-order valence-corrected chi connectivity index (χ1v) is 7.61. The van der Waals surface area contributed by atoms with Crippen LogP contribution in [0.5, 0.6) is 0 Å². The van der Waals surface area contributed by atoms with E-state index < -0.39 is 0 Å². The molecule has 2 atom stereocenters. The number of hydrogen-bond acceptors (Lipinski definition) is 3. The number of amides is 2. The fourth-order valence-electron chi connectivity index (χ4n) is 2.92. The van der Waals surface area contributed by atoms with E-state index in [0.717, 1.165) is 19.4 Å². The van der Waals surface area contributed by atoms with Gasteiger partial charge in [-0.05, 0) is 31.5 Å².